The van der Waals surface area contributed by atoms with Crippen LogP contribution >= 0.6 is 0 Å². The highest BCUT2D eigenvalue weighted by atomic mass is 16.2. The normalized spacial score (nSPS) is 22.4. The van der Waals surface area contributed by atoms with Crippen LogP contribution < -0.4 is 5.32 Å². The third kappa shape index (κ3) is 2.97. The van der Waals surface area contributed by atoms with Crippen LogP contribution in [0.5, 0.6) is 0 Å². The molecule has 0 unspecified atom stereocenters. The van der Waals surface area contributed by atoms with Crippen molar-refractivity contribution in [2.75, 3.05) is 0 Å². The van der Waals surface area contributed by atoms with Crippen LogP contribution in [0.3, 0.4) is 0 Å². The summed E-state index contributed by atoms with van der Waals surface area (Å²) in [6, 6.07) is 10.7. The van der Waals surface area contributed by atoms with Crippen molar-refractivity contribution in [1.29, 1.82) is 0 Å². The number of hydrogen-bond donors (Lipinski definition) is 1. The lowest BCUT2D eigenvalue weighted by Crippen LogP contribution is -2.42. The van der Waals surface area contributed by atoms with E-state index in [1.54, 1.807) is 0 Å². The first-order chi connectivity index (χ1) is 10.1. The SMILES string of the molecule is Cc1cc2ccccc2n1CC(=O)N[C@H]1CCCC[C@H]1C. The van der Waals surface area contributed by atoms with Crippen molar-refractivity contribution >= 4 is 16.8 Å². The molecule has 1 saturated carbocycles. The van der Waals surface area contributed by atoms with Gasteiger partial charge in [-0.3, -0.25) is 4.79 Å². The molecule has 1 fully saturated rings. The van der Waals surface area contributed by atoms with Crippen LogP contribution in [-0.4, -0.2) is 16.5 Å². The number of carbonyl (C=O) groups excluding carboxylic acids is 1. The van der Waals surface area contributed by atoms with Crippen molar-refractivity contribution in [2.24, 2.45) is 5.92 Å². The molecule has 1 aliphatic rings. The average molecular weight is 284 g/mol. The number of aryl methyl sites for hydroxylation is 1. The molecule has 0 aliphatic heterocycles. The number of benzene rings is 1. The number of rotatable bonds is 3. The summed E-state index contributed by atoms with van der Waals surface area (Å²) in [6.45, 7) is 4.74. The molecular formula is C18H24N2O. The summed E-state index contributed by atoms with van der Waals surface area (Å²) in [4.78, 5) is 12.4. The second-order valence-electron chi connectivity index (χ2n) is 6.37. The molecule has 1 aromatic heterocycles. The van der Waals surface area contributed by atoms with Gasteiger partial charge in [-0.05, 0) is 43.2 Å². The predicted molar refractivity (Wildman–Crippen MR) is 86.2 cm³/mol. The molecule has 1 heterocycles. The molecule has 0 spiro atoms. The quantitative estimate of drug-likeness (QED) is 0.917. The van der Waals surface area contributed by atoms with Crippen LogP contribution in [0.2, 0.25) is 0 Å². The molecule has 2 atom stereocenters. The molecule has 1 aliphatic carbocycles. The Labute approximate surface area is 126 Å². The van der Waals surface area contributed by atoms with Gasteiger partial charge in [0.05, 0.1) is 0 Å². The Kier molecular flexibility index (Phi) is 4.00. The number of para-hydroxylation sites is 1. The van der Waals surface area contributed by atoms with Gasteiger partial charge in [0.15, 0.2) is 0 Å². The number of hydrogen-bond acceptors (Lipinski definition) is 1. The molecule has 1 N–H and O–H groups in total. The number of fused-ring (bicyclic) bond motifs is 1. The highest BCUT2D eigenvalue weighted by molar-refractivity contribution is 5.84. The maximum Gasteiger partial charge on any atom is 0.240 e. The van der Waals surface area contributed by atoms with E-state index >= 15 is 0 Å². The lowest BCUT2D eigenvalue weighted by Gasteiger charge is -2.29. The second kappa shape index (κ2) is 5.92. The molecule has 0 radical (unpaired) electrons. The summed E-state index contributed by atoms with van der Waals surface area (Å²) < 4.78 is 2.11. The van der Waals surface area contributed by atoms with Gasteiger partial charge < -0.3 is 9.88 Å². The van der Waals surface area contributed by atoms with Gasteiger partial charge >= 0.3 is 0 Å². The number of aromatic nitrogens is 1. The minimum Gasteiger partial charge on any atom is -0.352 e. The Bertz CT molecular complexity index is 644. The van der Waals surface area contributed by atoms with Crippen molar-refractivity contribution in [3.63, 3.8) is 0 Å². The van der Waals surface area contributed by atoms with E-state index in [4.69, 9.17) is 0 Å². The van der Waals surface area contributed by atoms with Gasteiger partial charge in [0.1, 0.15) is 6.54 Å². The zero-order valence-electron chi connectivity index (χ0n) is 12.9. The van der Waals surface area contributed by atoms with Crippen molar-refractivity contribution < 1.29 is 4.79 Å². The van der Waals surface area contributed by atoms with E-state index < -0.39 is 0 Å². The number of nitrogens with zero attached hydrogens (tertiary/aromatic N) is 1. The minimum atomic E-state index is 0.137. The molecule has 1 aromatic carbocycles. The van der Waals surface area contributed by atoms with Gasteiger partial charge in [-0.1, -0.05) is 38.0 Å². The van der Waals surface area contributed by atoms with E-state index in [-0.39, 0.29) is 5.91 Å². The van der Waals surface area contributed by atoms with Crippen molar-refractivity contribution in [1.82, 2.24) is 9.88 Å². The van der Waals surface area contributed by atoms with Gasteiger partial charge in [-0.2, -0.15) is 0 Å². The van der Waals surface area contributed by atoms with Crippen LogP contribution in [-0.2, 0) is 11.3 Å². The summed E-state index contributed by atoms with van der Waals surface area (Å²) in [5.74, 6) is 0.739. The zero-order valence-corrected chi connectivity index (χ0v) is 12.9. The zero-order chi connectivity index (χ0) is 14.8. The van der Waals surface area contributed by atoms with E-state index in [0.717, 1.165) is 17.6 Å². The van der Waals surface area contributed by atoms with Crippen LogP contribution in [0, 0.1) is 12.8 Å². The van der Waals surface area contributed by atoms with E-state index in [1.165, 1.54) is 24.6 Å². The molecule has 112 valence electrons. The molecular weight excluding hydrogens is 260 g/mol. The Morgan fingerprint density at radius 2 is 2.05 bits per heavy atom. The monoisotopic (exact) mass is 284 g/mol. The summed E-state index contributed by atoms with van der Waals surface area (Å²) in [7, 11) is 0. The molecule has 3 nitrogen and oxygen atoms in total. The summed E-state index contributed by atoms with van der Waals surface area (Å²) in [6.07, 6.45) is 4.89. The van der Waals surface area contributed by atoms with Crippen LogP contribution in [0.15, 0.2) is 30.3 Å². The van der Waals surface area contributed by atoms with Crippen molar-refractivity contribution in [3.8, 4) is 0 Å². The first-order valence-electron chi connectivity index (χ1n) is 7.99. The van der Waals surface area contributed by atoms with E-state index in [0.29, 0.717) is 18.5 Å². The van der Waals surface area contributed by atoms with Crippen molar-refractivity contribution in [2.45, 2.75) is 52.1 Å². The first-order valence-corrected chi connectivity index (χ1v) is 7.99. The lowest BCUT2D eigenvalue weighted by molar-refractivity contribution is -0.122. The van der Waals surface area contributed by atoms with Crippen LogP contribution in [0.25, 0.3) is 10.9 Å². The molecule has 1 amide bonds. The maximum atomic E-state index is 12.4. The van der Waals surface area contributed by atoms with E-state index in [1.807, 2.05) is 12.1 Å². The van der Waals surface area contributed by atoms with Crippen molar-refractivity contribution in [3.05, 3.63) is 36.0 Å². The highest BCUT2D eigenvalue weighted by Gasteiger charge is 2.23. The van der Waals surface area contributed by atoms with Gasteiger partial charge in [0, 0.05) is 17.3 Å². The Hall–Kier alpha value is -1.77. The standard InChI is InChI=1S/C18H24N2O/c1-13-7-3-5-9-16(13)19-18(21)12-20-14(2)11-15-8-4-6-10-17(15)20/h4,6,8,10-11,13,16H,3,5,7,9,12H2,1-2H3,(H,19,21)/t13-,16+/m1/s1. The largest absolute Gasteiger partial charge is 0.352 e. The number of carbonyl (C=O) groups is 1. The third-order valence-corrected chi connectivity index (χ3v) is 4.78. The summed E-state index contributed by atoms with van der Waals surface area (Å²) >= 11 is 0. The lowest BCUT2D eigenvalue weighted by atomic mass is 9.86. The van der Waals surface area contributed by atoms with E-state index in [2.05, 4.69) is 41.9 Å². The second-order valence-corrected chi connectivity index (χ2v) is 6.37. The molecule has 2 aromatic rings. The summed E-state index contributed by atoms with van der Waals surface area (Å²) in [5.41, 5.74) is 2.28. The maximum absolute atomic E-state index is 12.4. The van der Waals surface area contributed by atoms with Gasteiger partial charge in [0.25, 0.3) is 0 Å². The smallest absolute Gasteiger partial charge is 0.240 e. The fourth-order valence-electron chi connectivity index (χ4n) is 3.48. The van der Waals surface area contributed by atoms with Crippen LogP contribution in [0.4, 0.5) is 0 Å². The van der Waals surface area contributed by atoms with Crippen LogP contribution in [0.1, 0.15) is 38.3 Å². The molecule has 21 heavy (non-hydrogen) atoms. The summed E-state index contributed by atoms with van der Waals surface area (Å²) in [5, 5.41) is 4.44. The average Bonchev–Trinajstić information content (AvgIpc) is 2.78. The Morgan fingerprint density at radius 3 is 2.86 bits per heavy atom. The van der Waals surface area contributed by atoms with Gasteiger partial charge in [-0.15, -0.1) is 0 Å². The van der Waals surface area contributed by atoms with Gasteiger partial charge in [0.2, 0.25) is 5.91 Å². The Balaban J connectivity index is 1.73. The topological polar surface area (TPSA) is 34.0 Å². The predicted octanol–water partition coefficient (Wildman–Crippen LogP) is 3.64. The van der Waals surface area contributed by atoms with E-state index in [9.17, 15) is 4.79 Å². The fraction of sp³-hybridized carbons (Fsp3) is 0.500. The van der Waals surface area contributed by atoms with Gasteiger partial charge in [-0.25, -0.2) is 0 Å². The number of nitrogens with one attached hydrogen (secondary N) is 1. The highest BCUT2D eigenvalue weighted by Crippen LogP contribution is 2.24. The number of amides is 1. The Morgan fingerprint density at radius 1 is 1.29 bits per heavy atom. The first kappa shape index (κ1) is 14.2. The molecule has 0 bridgehead atoms. The minimum absolute atomic E-state index is 0.137. The molecule has 3 rings (SSSR count). The third-order valence-electron chi connectivity index (χ3n) is 4.78. The fourth-order valence-corrected chi connectivity index (χ4v) is 3.48. The molecule has 0 saturated heterocycles. The molecule has 3 heteroatoms.